The number of aromatic nitrogens is 4. The zero-order chi connectivity index (χ0) is 19.9. The smallest absolute Gasteiger partial charge is 0.243 e. The summed E-state index contributed by atoms with van der Waals surface area (Å²) in [6.07, 6.45) is 3.11. The minimum absolute atomic E-state index is 0.0564. The number of methoxy groups -OCH3 is 1. The lowest BCUT2D eigenvalue weighted by molar-refractivity contribution is 0.354. The van der Waals surface area contributed by atoms with Gasteiger partial charge in [0.1, 0.15) is 11.3 Å². The number of nitrogens with zero attached hydrogens (tertiary/aromatic N) is 5. The predicted molar refractivity (Wildman–Crippen MR) is 104 cm³/mol. The van der Waals surface area contributed by atoms with Crippen molar-refractivity contribution in [2.45, 2.75) is 30.3 Å². The molecule has 4 rings (SSSR count). The van der Waals surface area contributed by atoms with Crippen LogP contribution in [0.3, 0.4) is 0 Å². The van der Waals surface area contributed by atoms with Crippen LogP contribution in [0.15, 0.2) is 35.5 Å². The third-order valence-corrected chi connectivity index (χ3v) is 6.87. The Bertz CT molecular complexity index is 1110. The summed E-state index contributed by atoms with van der Waals surface area (Å²) in [5.74, 6) is 0.868. The van der Waals surface area contributed by atoms with Gasteiger partial charge in [-0.1, -0.05) is 0 Å². The Labute approximate surface area is 162 Å². The number of sulfonamides is 1. The first kappa shape index (κ1) is 18.4. The van der Waals surface area contributed by atoms with Gasteiger partial charge in [-0.05, 0) is 37.1 Å². The van der Waals surface area contributed by atoms with Crippen molar-refractivity contribution >= 4 is 33.0 Å². The van der Waals surface area contributed by atoms with Crippen LogP contribution < -0.4 is 16.2 Å². The Balaban J connectivity index is 1.63. The number of hydrogen-bond donors (Lipinski definition) is 2. The van der Waals surface area contributed by atoms with Gasteiger partial charge in [0.05, 0.1) is 18.3 Å². The molecule has 4 N–H and O–H groups in total. The molecule has 2 aromatic heterocycles. The number of rotatable bonds is 5. The number of ether oxygens (including phenoxy) is 1. The van der Waals surface area contributed by atoms with E-state index < -0.39 is 10.0 Å². The van der Waals surface area contributed by atoms with E-state index in [9.17, 15) is 8.42 Å². The molecular weight excluding hydrogens is 382 g/mol. The average molecular weight is 403 g/mol. The molecule has 10 nitrogen and oxygen atoms in total. The van der Waals surface area contributed by atoms with Crippen LogP contribution in [0.2, 0.25) is 0 Å². The minimum Gasteiger partial charge on any atom is -0.497 e. The lowest BCUT2D eigenvalue weighted by Crippen LogP contribution is -2.38. The molecule has 11 heteroatoms. The number of benzene rings is 1. The van der Waals surface area contributed by atoms with Gasteiger partial charge in [-0.25, -0.2) is 13.4 Å². The summed E-state index contributed by atoms with van der Waals surface area (Å²) < 4.78 is 34.7. The van der Waals surface area contributed by atoms with E-state index in [-0.39, 0.29) is 22.7 Å². The summed E-state index contributed by atoms with van der Waals surface area (Å²) in [6.45, 7) is 0.868. The lowest BCUT2D eigenvalue weighted by atomic mass is 10.2. The highest BCUT2D eigenvalue weighted by Gasteiger charge is 2.35. The Morgan fingerprint density at radius 3 is 2.68 bits per heavy atom. The quantitative estimate of drug-likeness (QED) is 0.638. The second-order valence-corrected chi connectivity index (χ2v) is 8.51. The molecule has 3 aromatic rings. The van der Waals surface area contributed by atoms with Crippen molar-refractivity contribution in [2.75, 3.05) is 25.1 Å². The molecular formula is C17H21N7O3S. The highest BCUT2D eigenvalue weighted by Crippen LogP contribution is 2.29. The van der Waals surface area contributed by atoms with Crippen LogP contribution in [-0.4, -0.2) is 51.9 Å². The first-order chi connectivity index (χ1) is 13.4. The summed E-state index contributed by atoms with van der Waals surface area (Å²) >= 11 is 0. The van der Waals surface area contributed by atoms with Crippen molar-refractivity contribution < 1.29 is 13.2 Å². The highest BCUT2D eigenvalue weighted by molar-refractivity contribution is 7.89. The third kappa shape index (κ3) is 3.12. The number of anilines is 2. The van der Waals surface area contributed by atoms with Gasteiger partial charge in [-0.15, -0.1) is 0 Å². The van der Waals surface area contributed by atoms with Gasteiger partial charge >= 0.3 is 0 Å². The predicted octanol–water partition coefficient (Wildman–Crippen LogP) is 0.853. The number of hydrogen-bond acceptors (Lipinski definition) is 8. The van der Waals surface area contributed by atoms with Crippen molar-refractivity contribution in [3.8, 4) is 5.75 Å². The molecule has 0 unspecified atom stereocenters. The molecule has 1 atom stereocenters. The van der Waals surface area contributed by atoms with E-state index in [1.165, 1.54) is 4.31 Å². The van der Waals surface area contributed by atoms with Gasteiger partial charge in [-0.2, -0.15) is 14.3 Å². The topological polar surface area (TPSA) is 142 Å². The van der Waals surface area contributed by atoms with E-state index >= 15 is 0 Å². The third-order valence-electron chi connectivity index (χ3n) is 4.90. The van der Waals surface area contributed by atoms with Gasteiger partial charge in [0.25, 0.3) is 0 Å². The molecule has 0 aliphatic carbocycles. The van der Waals surface area contributed by atoms with Crippen LogP contribution in [0, 0.1) is 0 Å². The molecule has 1 aliphatic rings. The SMILES string of the molecule is COc1ccc(S(=O)(=O)N2CCC[C@H]2Cn2cnc3c(N)nc(N)nc32)cc1. The second-order valence-electron chi connectivity index (χ2n) is 6.62. The van der Waals surface area contributed by atoms with E-state index in [2.05, 4.69) is 15.0 Å². The lowest BCUT2D eigenvalue weighted by Gasteiger charge is -2.24. The van der Waals surface area contributed by atoms with Crippen molar-refractivity contribution in [3.63, 3.8) is 0 Å². The number of nitrogen functional groups attached to an aromatic ring is 2. The van der Waals surface area contributed by atoms with Crippen molar-refractivity contribution in [3.05, 3.63) is 30.6 Å². The largest absolute Gasteiger partial charge is 0.497 e. The maximum Gasteiger partial charge on any atom is 0.243 e. The fourth-order valence-electron chi connectivity index (χ4n) is 3.54. The van der Waals surface area contributed by atoms with Crippen LogP contribution in [0.25, 0.3) is 11.2 Å². The molecule has 0 saturated carbocycles. The Kier molecular flexibility index (Phi) is 4.55. The van der Waals surface area contributed by atoms with Crippen LogP contribution in [0.4, 0.5) is 11.8 Å². The van der Waals surface area contributed by atoms with Crippen LogP contribution in [0.1, 0.15) is 12.8 Å². The standard InChI is InChI=1S/C17H21N7O3S/c1-27-12-4-6-13(7-5-12)28(25,26)24-8-2-3-11(24)9-23-10-20-14-15(18)21-17(19)22-16(14)23/h4-7,10-11H,2-3,8-9H2,1H3,(H4,18,19,21,22)/t11-/m0/s1. The molecule has 28 heavy (non-hydrogen) atoms. The van der Waals surface area contributed by atoms with Crippen molar-refractivity contribution in [1.29, 1.82) is 0 Å². The normalized spacial score (nSPS) is 18.0. The van der Waals surface area contributed by atoms with Crippen molar-refractivity contribution in [1.82, 2.24) is 23.8 Å². The maximum absolute atomic E-state index is 13.1. The number of imidazole rings is 1. The van der Waals surface area contributed by atoms with Gasteiger partial charge in [-0.3, -0.25) is 0 Å². The molecule has 1 saturated heterocycles. The monoisotopic (exact) mass is 403 g/mol. The van der Waals surface area contributed by atoms with E-state index in [4.69, 9.17) is 16.2 Å². The molecule has 0 amide bonds. The summed E-state index contributed by atoms with van der Waals surface area (Å²) in [5.41, 5.74) is 12.5. The molecule has 0 bridgehead atoms. The molecule has 1 fully saturated rings. The van der Waals surface area contributed by atoms with E-state index in [1.54, 1.807) is 42.3 Å². The van der Waals surface area contributed by atoms with E-state index in [0.717, 1.165) is 12.8 Å². The molecule has 3 heterocycles. The van der Waals surface area contributed by atoms with Gasteiger partial charge in [0.2, 0.25) is 16.0 Å². The summed E-state index contributed by atoms with van der Waals surface area (Å²) in [7, 11) is -2.08. The van der Waals surface area contributed by atoms with Crippen molar-refractivity contribution in [2.24, 2.45) is 0 Å². The van der Waals surface area contributed by atoms with E-state index in [1.807, 2.05) is 0 Å². The van der Waals surface area contributed by atoms with Gasteiger partial charge < -0.3 is 20.8 Å². The first-order valence-electron chi connectivity index (χ1n) is 8.80. The highest BCUT2D eigenvalue weighted by atomic mass is 32.2. The van der Waals surface area contributed by atoms with Gasteiger partial charge in [0, 0.05) is 19.1 Å². The zero-order valence-electron chi connectivity index (χ0n) is 15.3. The van der Waals surface area contributed by atoms with Crippen LogP contribution in [0.5, 0.6) is 5.75 Å². The molecule has 1 aliphatic heterocycles. The molecule has 1 aromatic carbocycles. The minimum atomic E-state index is -3.62. The number of fused-ring (bicyclic) bond motifs is 1. The number of nitrogens with two attached hydrogens (primary N) is 2. The Morgan fingerprint density at radius 1 is 1.21 bits per heavy atom. The fraction of sp³-hybridized carbons (Fsp3) is 0.353. The molecule has 0 radical (unpaired) electrons. The first-order valence-corrected chi connectivity index (χ1v) is 10.2. The average Bonchev–Trinajstić information content (AvgIpc) is 3.30. The van der Waals surface area contributed by atoms with E-state index in [0.29, 0.717) is 30.0 Å². The fourth-order valence-corrected chi connectivity index (χ4v) is 5.22. The molecule has 148 valence electrons. The van der Waals surface area contributed by atoms with Crippen LogP contribution in [-0.2, 0) is 16.6 Å². The molecule has 0 spiro atoms. The Hall–Kier alpha value is -2.92. The second kappa shape index (κ2) is 6.91. The van der Waals surface area contributed by atoms with Crippen LogP contribution >= 0.6 is 0 Å². The summed E-state index contributed by atoms with van der Waals surface area (Å²) in [5, 5.41) is 0. The maximum atomic E-state index is 13.1. The zero-order valence-corrected chi connectivity index (χ0v) is 16.1. The summed E-state index contributed by atoms with van der Waals surface area (Å²) in [4.78, 5) is 12.6. The Morgan fingerprint density at radius 2 is 1.96 bits per heavy atom. The summed E-state index contributed by atoms with van der Waals surface area (Å²) in [6, 6.07) is 6.19. The van der Waals surface area contributed by atoms with Gasteiger partial charge in [0.15, 0.2) is 11.5 Å².